The average molecular weight is 342 g/mol. The molecule has 2 N–H and O–H groups in total. The minimum Gasteiger partial charge on any atom is -0.463 e. The van der Waals surface area contributed by atoms with E-state index in [1.807, 2.05) is 6.92 Å². The highest BCUT2D eigenvalue weighted by molar-refractivity contribution is 6.31. The lowest BCUT2D eigenvalue weighted by atomic mass is 10.0. The van der Waals surface area contributed by atoms with Crippen molar-refractivity contribution in [3.05, 3.63) is 58.6 Å². The van der Waals surface area contributed by atoms with Crippen LogP contribution in [-0.4, -0.2) is 16.6 Å². The summed E-state index contributed by atoms with van der Waals surface area (Å²) < 4.78 is 5.51. The molecule has 0 saturated heterocycles. The van der Waals surface area contributed by atoms with E-state index in [4.69, 9.17) is 16.0 Å². The second-order valence-electron chi connectivity index (χ2n) is 5.86. The zero-order valence-electron chi connectivity index (χ0n) is 13.3. The van der Waals surface area contributed by atoms with Gasteiger partial charge < -0.3 is 14.8 Å². The van der Waals surface area contributed by atoms with Crippen molar-refractivity contribution < 1.29 is 9.52 Å². The largest absolute Gasteiger partial charge is 0.463 e. The molecule has 24 heavy (non-hydrogen) atoms. The van der Waals surface area contributed by atoms with E-state index in [9.17, 15) is 10.4 Å². The third kappa shape index (κ3) is 3.07. The molecule has 122 valence electrons. The number of nitrogens with one attached hydrogen (secondary N) is 1. The number of hydrogen-bond donors (Lipinski definition) is 2. The number of anilines is 1. The van der Waals surface area contributed by atoms with Crippen LogP contribution >= 0.6 is 11.6 Å². The smallest absolute Gasteiger partial charge is 0.137 e. The van der Waals surface area contributed by atoms with Crippen LogP contribution in [0, 0.1) is 18.3 Å². The van der Waals surface area contributed by atoms with Gasteiger partial charge in [0.1, 0.15) is 23.2 Å². The average Bonchev–Trinajstić information content (AvgIpc) is 3.00. The summed E-state index contributed by atoms with van der Waals surface area (Å²) in [6.45, 7) is 3.64. The molecule has 0 fully saturated rings. The molecule has 0 aliphatic carbocycles. The number of aliphatic hydroxyl groups is 1. The third-order valence-corrected chi connectivity index (χ3v) is 4.07. The molecule has 0 aliphatic heterocycles. The lowest BCUT2D eigenvalue weighted by Gasteiger charge is -2.23. The highest BCUT2D eigenvalue weighted by Crippen LogP contribution is 2.30. The molecular weight excluding hydrogens is 326 g/mol. The quantitative estimate of drug-likeness (QED) is 0.750. The molecule has 0 radical (unpaired) electrons. The summed E-state index contributed by atoms with van der Waals surface area (Å²) >= 11 is 6.07. The maximum atomic E-state index is 10.7. The summed E-state index contributed by atoms with van der Waals surface area (Å²) in [7, 11) is 0. The topological polar surface area (TPSA) is 82.1 Å². The van der Waals surface area contributed by atoms with E-state index in [0.717, 1.165) is 16.7 Å². The van der Waals surface area contributed by atoms with Gasteiger partial charge in [-0.1, -0.05) is 11.6 Å². The lowest BCUT2D eigenvalue weighted by Crippen LogP contribution is -2.30. The summed E-state index contributed by atoms with van der Waals surface area (Å²) in [4.78, 5) is 4.26. The van der Waals surface area contributed by atoms with E-state index in [1.54, 1.807) is 37.3 Å². The van der Waals surface area contributed by atoms with Crippen LogP contribution in [0.5, 0.6) is 0 Å². The normalized spacial score (nSPS) is 13.5. The Labute approximate surface area is 144 Å². The molecular formula is C18H16ClN3O2. The van der Waals surface area contributed by atoms with Gasteiger partial charge in [-0.15, -0.1) is 0 Å². The summed E-state index contributed by atoms with van der Waals surface area (Å²) in [6, 6.07) is 10.9. The summed E-state index contributed by atoms with van der Waals surface area (Å²) in [5.74, 6) is 1.19. The number of hydrogen-bond acceptors (Lipinski definition) is 5. The standard InChI is InChI=1S/C18H16ClN3O2/c1-11-3-6-16(24-11)18(2,23)10-22-17-12(8-20)9-21-15-5-4-13(19)7-14(15)17/h3-7,9,23H,10H2,1-2H3,(H,21,22). The molecule has 1 atom stereocenters. The van der Waals surface area contributed by atoms with Gasteiger partial charge in [-0.05, 0) is 44.2 Å². The molecule has 0 spiro atoms. The molecule has 3 rings (SSSR count). The van der Waals surface area contributed by atoms with Crippen LogP contribution in [0.25, 0.3) is 10.9 Å². The monoisotopic (exact) mass is 341 g/mol. The number of aryl methyl sites for hydroxylation is 1. The van der Waals surface area contributed by atoms with Crippen molar-refractivity contribution in [3.63, 3.8) is 0 Å². The van der Waals surface area contributed by atoms with Crippen LogP contribution in [0.2, 0.25) is 5.02 Å². The molecule has 5 nitrogen and oxygen atoms in total. The number of rotatable bonds is 4. The molecule has 6 heteroatoms. The number of halogens is 1. The van der Waals surface area contributed by atoms with Crippen LogP contribution in [-0.2, 0) is 5.60 Å². The number of pyridine rings is 1. The molecule has 2 heterocycles. The minimum atomic E-state index is -1.23. The molecule has 0 aliphatic rings. The predicted octanol–water partition coefficient (Wildman–Crippen LogP) is 3.98. The van der Waals surface area contributed by atoms with E-state index in [2.05, 4.69) is 16.4 Å². The highest BCUT2D eigenvalue weighted by Gasteiger charge is 2.27. The first-order chi connectivity index (χ1) is 11.4. The molecule has 0 saturated carbocycles. The molecule has 3 aromatic rings. The Hall–Kier alpha value is -2.55. The predicted molar refractivity (Wildman–Crippen MR) is 93.0 cm³/mol. The first-order valence-corrected chi connectivity index (χ1v) is 7.80. The van der Waals surface area contributed by atoms with Crippen molar-refractivity contribution in [1.29, 1.82) is 5.26 Å². The zero-order chi connectivity index (χ0) is 17.3. The van der Waals surface area contributed by atoms with Gasteiger partial charge in [0, 0.05) is 16.6 Å². The van der Waals surface area contributed by atoms with E-state index in [-0.39, 0.29) is 6.54 Å². The van der Waals surface area contributed by atoms with Crippen LogP contribution < -0.4 is 5.32 Å². The van der Waals surface area contributed by atoms with Gasteiger partial charge in [-0.2, -0.15) is 5.26 Å². The Morgan fingerprint density at radius 2 is 2.17 bits per heavy atom. The van der Waals surface area contributed by atoms with Crippen LogP contribution in [0.3, 0.4) is 0 Å². The van der Waals surface area contributed by atoms with E-state index < -0.39 is 5.60 Å². The first kappa shape index (κ1) is 16.3. The fraction of sp³-hybridized carbons (Fsp3) is 0.222. The van der Waals surface area contributed by atoms with Crippen molar-refractivity contribution in [2.75, 3.05) is 11.9 Å². The van der Waals surface area contributed by atoms with Gasteiger partial charge in [-0.3, -0.25) is 4.98 Å². The van der Waals surface area contributed by atoms with E-state index in [0.29, 0.717) is 22.0 Å². The molecule has 2 aromatic heterocycles. The van der Waals surface area contributed by atoms with Crippen molar-refractivity contribution in [3.8, 4) is 6.07 Å². The van der Waals surface area contributed by atoms with Gasteiger partial charge in [0.2, 0.25) is 0 Å². The Bertz CT molecular complexity index is 941. The van der Waals surface area contributed by atoms with Crippen molar-refractivity contribution in [1.82, 2.24) is 4.98 Å². The maximum absolute atomic E-state index is 10.7. The van der Waals surface area contributed by atoms with E-state index in [1.165, 1.54) is 6.20 Å². The SMILES string of the molecule is Cc1ccc(C(C)(O)CNc2c(C#N)cnc3ccc(Cl)cc23)o1. The highest BCUT2D eigenvalue weighted by atomic mass is 35.5. The van der Waals surface area contributed by atoms with Crippen molar-refractivity contribution in [2.45, 2.75) is 19.4 Å². The maximum Gasteiger partial charge on any atom is 0.137 e. The number of furan rings is 1. The van der Waals surface area contributed by atoms with Gasteiger partial charge in [-0.25, -0.2) is 0 Å². The zero-order valence-corrected chi connectivity index (χ0v) is 14.1. The van der Waals surface area contributed by atoms with Crippen LogP contribution in [0.15, 0.2) is 40.9 Å². The number of nitrogens with zero attached hydrogens (tertiary/aromatic N) is 2. The van der Waals surface area contributed by atoms with Gasteiger partial charge >= 0.3 is 0 Å². The van der Waals surface area contributed by atoms with Gasteiger partial charge in [0.25, 0.3) is 0 Å². The van der Waals surface area contributed by atoms with Gasteiger partial charge in [0.15, 0.2) is 0 Å². The lowest BCUT2D eigenvalue weighted by molar-refractivity contribution is 0.0468. The Morgan fingerprint density at radius 3 is 2.83 bits per heavy atom. The second-order valence-corrected chi connectivity index (χ2v) is 6.29. The molecule has 0 bridgehead atoms. The fourth-order valence-corrected chi connectivity index (χ4v) is 2.68. The van der Waals surface area contributed by atoms with Crippen molar-refractivity contribution >= 4 is 28.2 Å². The number of nitriles is 1. The van der Waals surface area contributed by atoms with Crippen LogP contribution in [0.1, 0.15) is 24.0 Å². The minimum absolute atomic E-state index is 0.167. The summed E-state index contributed by atoms with van der Waals surface area (Å²) in [5.41, 5.74) is 0.467. The number of benzene rings is 1. The Balaban J connectivity index is 1.97. The summed E-state index contributed by atoms with van der Waals surface area (Å²) in [6.07, 6.45) is 1.50. The first-order valence-electron chi connectivity index (χ1n) is 7.42. The third-order valence-electron chi connectivity index (χ3n) is 3.83. The molecule has 1 unspecified atom stereocenters. The van der Waals surface area contributed by atoms with Crippen molar-refractivity contribution in [2.24, 2.45) is 0 Å². The molecule has 0 amide bonds. The van der Waals surface area contributed by atoms with E-state index >= 15 is 0 Å². The Kier molecular flexibility index (Phi) is 4.18. The number of fused-ring (bicyclic) bond motifs is 1. The molecule has 1 aromatic carbocycles. The Morgan fingerprint density at radius 1 is 1.38 bits per heavy atom. The van der Waals surface area contributed by atoms with Gasteiger partial charge in [0.05, 0.1) is 23.3 Å². The number of aromatic nitrogens is 1. The fourth-order valence-electron chi connectivity index (χ4n) is 2.51. The van der Waals surface area contributed by atoms with Crippen LogP contribution in [0.4, 0.5) is 5.69 Å². The summed E-state index contributed by atoms with van der Waals surface area (Å²) in [5, 5.41) is 24.5. The second kappa shape index (κ2) is 6.16.